The second-order valence-electron chi connectivity index (χ2n) is 8.94. The number of fused-ring (bicyclic) bond motifs is 5. The smallest absolute Gasteiger partial charge is 0.485 e. The van der Waals surface area contributed by atoms with Gasteiger partial charge >= 0.3 is 17.4 Å². The molecule has 2 atom stereocenters. The zero-order valence-corrected chi connectivity index (χ0v) is 21.3. The van der Waals surface area contributed by atoms with Crippen molar-refractivity contribution in [2.75, 3.05) is 0 Å². The number of esters is 2. The first-order valence-corrected chi connectivity index (χ1v) is 12.9. The molecular formula is C24H22F3N3O8S. The average Bonchev–Trinajstić information content (AvgIpc) is 3.21. The Balaban J connectivity index is 0.000000386. The Morgan fingerprint density at radius 1 is 1.28 bits per heavy atom. The average molecular weight is 570 g/mol. The van der Waals surface area contributed by atoms with Crippen LogP contribution in [0.3, 0.4) is 0 Å². The third-order valence-corrected chi connectivity index (χ3v) is 6.96. The first-order chi connectivity index (χ1) is 18.1. The number of nitrogens with one attached hydrogen (secondary N) is 1. The molecule has 3 N–H and O–H groups in total. The number of para-hydroxylation sites is 1. The maximum atomic E-state index is 13.4. The standard InChI is InChI=1S/C23H21N3O5.CHF3O3S/c1-3-23(31-21(28)12(2)24)16-9-18-19-14(8-13-6-4-5-7-17(13)25-19)10-26(18)20(27)15(16)11-30-22(23)29;2-1(3,4)8(5,6)7/h4-9,12H,3,10-11,24H2,1-2H3;(H,5,6,7)/t12-,23-;/m0./s1. The molecule has 0 aliphatic carbocycles. The molecule has 2 aliphatic rings. The summed E-state index contributed by atoms with van der Waals surface area (Å²) in [6.45, 7) is 3.44. The minimum absolute atomic E-state index is 0.120. The second-order valence-corrected chi connectivity index (χ2v) is 10.3. The minimum atomic E-state index is -6.09. The summed E-state index contributed by atoms with van der Waals surface area (Å²) in [5.74, 6) is -1.42. The molecule has 39 heavy (non-hydrogen) atoms. The number of aromatic nitrogens is 2. The van der Waals surface area contributed by atoms with Gasteiger partial charge in [0.15, 0.2) is 10.1 Å². The molecule has 3 aromatic rings. The van der Waals surface area contributed by atoms with Gasteiger partial charge in [-0.2, -0.15) is 13.2 Å². The van der Waals surface area contributed by atoms with Crippen LogP contribution >= 0.6 is 0 Å². The van der Waals surface area contributed by atoms with Gasteiger partial charge in [0.25, 0.3) is 5.56 Å². The van der Waals surface area contributed by atoms with Crippen LogP contribution in [0.25, 0.3) is 22.3 Å². The van der Waals surface area contributed by atoms with Gasteiger partial charge in [-0.3, -0.25) is 14.2 Å². The molecule has 0 bridgehead atoms. The molecule has 5 rings (SSSR count). The fraction of sp³-hybridized carbons (Fsp3) is 0.333. The second kappa shape index (κ2) is 9.73. The number of alkyl halides is 3. The summed E-state index contributed by atoms with van der Waals surface area (Å²) in [5, 5.41) is 1.04. The summed E-state index contributed by atoms with van der Waals surface area (Å²) in [6, 6.07) is 10.8. The lowest BCUT2D eigenvalue weighted by atomic mass is 9.85. The van der Waals surface area contributed by atoms with Crippen LogP contribution in [0.2, 0.25) is 0 Å². The highest BCUT2D eigenvalue weighted by atomic mass is 32.2. The van der Waals surface area contributed by atoms with Gasteiger partial charge in [0.1, 0.15) is 18.3 Å². The van der Waals surface area contributed by atoms with Gasteiger partial charge in [0.05, 0.1) is 12.1 Å². The van der Waals surface area contributed by atoms with Crippen molar-refractivity contribution in [3.05, 3.63) is 63.4 Å². The van der Waals surface area contributed by atoms with Gasteiger partial charge in [0, 0.05) is 22.6 Å². The normalized spacial score (nSPS) is 18.7. The number of hydrogen-bond acceptors (Lipinski definition) is 9. The van der Waals surface area contributed by atoms with Crippen LogP contribution in [-0.2, 0) is 47.9 Å². The largest absolute Gasteiger partial charge is 0.741 e. The molecule has 0 fully saturated rings. The summed E-state index contributed by atoms with van der Waals surface area (Å²) < 4.78 is 71.5. The summed E-state index contributed by atoms with van der Waals surface area (Å²) in [6.07, 6.45) is 0.120. The van der Waals surface area contributed by atoms with E-state index < -0.39 is 39.2 Å². The predicted molar refractivity (Wildman–Crippen MR) is 127 cm³/mol. The third-order valence-electron chi connectivity index (χ3n) is 6.40. The molecule has 15 heteroatoms. The Morgan fingerprint density at radius 2 is 1.92 bits per heavy atom. The molecule has 4 heterocycles. The van der Waals surface area contributed by atoms with Crippen molar-refractivity contribution in [3.63, 3.8) is 0 Å². The Kier molecular flexibility index (Phi) is 7.04. The monoisotopic (exact) mass is 569 g/mol. The highest BCUT2D eigenvalue weighted by Gasteiger charge is 2.51. The van der Waals surface area contributed by atoms with Crippen molar-refractivity contribution < 1.29 is 50.2 Å². The van der Waals surface area contributed by atoms with E-state index >= 15 is 0 Å². The number of halogens is 3. The summed E-state index contributed by atoms with van der Waals surface area (Å²) >= 11 is 0. The number of nitrogens with zero attached hydrogens (tertiary/aromatic N) is 1. The molecular weight excluding hydrogens is 547 g/mol. The minimum Gasteiger partial charge on any atom is -0.741 e. The summed E-state index contributed by atoms with van der Waals surface area (Å²) in [4.78, 5) is 42.0. The number of carbonyl (C=O) groups is 2. The van der Waals surface area contributed by atoms with E-state index in [1.165, 1.54) is 6.92 Å². The van der Waals surface area contributed by atoms with E-state index in [1.54, 1.807) is 17.6 Å². The number of aromatic amines is 1. The lowest BCUT2D eigenvalue weighted by molar-refractivity contribution is -0.331. The SMILES string of the molecule is CC[C@@]1(OC(=O)[C@H](C)N)C(=O)OCc2c1cc1n(c2=O)Cc2cc3ccccc3[nH+]c2-1.O=S(=O)([O-])C(F)(F)F. The summed E-state index contributed by atoms with van der Waals surface area (Å²) in [5.41, 5.74) is 2.11. The van der Waals surface area contributed by atoms with Gasteiger partial charge in [0.2, 0.25) is 16.8 Å². The number of H-pyrrole nitrogens is 1. The van der Waals surface area contributed by atoms with Gasteiger partial charge in [-0.25, -0.2) is 18.2 Å². The van der Waals surface area contributed by atoms with Crippen LogP contribution < -0.4 is 16.3 Å². The molecule has 2 aliphatic heterocycles. The zero-order valence-electron chi connectivity index (χ0n) is 20.5. The molecule has 208 valence electrons. The fourth-order valence-electron chi connectivity index (χ4n) is 4.42. The van der Waals surface area contributed by atoms with E-state index in [9.17, 15) is 27.6 Å². The fourth-order valence-corrected chi connectivity index (χ4v) is 4.42. The Bertz CT molecular complexity index is 1670. The van der Waals surface area contributed by atoms with Crippen molar-refractivity contribution in [3.8, 4) is 11.4 Å². The number of pyridine rings is 2. The highest BCUT2D eigenvalue weighted by Crippen LogP contribution is 2.40. The number of carbonyl (C=O) groups excluding carboxylic acids is 2. The number of nitrogens with two attached hydrogens (primary N) is 1. The number of cyclic esters (lactones) is 1. The Hall–Kier alpha value is -3.82. The maximum Gasteiger partial charge on any atom is 0.485 e. The van der Waals surface area contributed by atoms with Gasteiger partial charge < -0.3 is 19.8 Å². The Labute approximate surface area is 219 Å². The van der Waals surface area contributed by atoms with Crippen LogP contribution in [0.4, 0.5) is 13.2 Å². The quantitative estimate of drug-likeness (QED) is 0.218. The molecule has 0 spiro atoms. The molecule has 0 saturated heterocycles. The topological polar surface area (TPSA) is 172 Å². The first-order valence-electron chi connectivity index (χ1n) is 11.5. The van der Waals surface area contributed by atoms with E-state index in [0.717, 1.165) is 22.2 Å². The van der Waals surface area contributed by atoms with Crippen LogP contribution in [0, 0.1) is 0 Å². The van der Waals surface area contributed by atoms with Gasteiger partial charge in [-0.1, -0.05) is 19.1 Å². The van der Waals surface area contributed by atoms with Crippen LogP contribution in [0.5, 0.6) is 0 Å². The van der Waals surface area contributed by atoms with E-state index in [4.69, 9.17) is 28.2 Å². The maximum absolute atomic E-state index is 13.4. The van der Waals surface area contributed by atoms with Gasteiger partial charge in [-0.15, -0.1) is 0 Å². The van der Waals surface area contributed by atoms with Crippen molar-refractivity contribution >= 4 is 33.0 Å². The lowest BCUT2D eigenvalue weighted by Gasteiger charge is -2.35. The van der Waals surface area contributed by atoms with Crippen molar-refractivity contribution in [2.24, 2.45) is 5.73 Å². The zero-order chi connectivity index (χ0) is 28.9. The van der Waals surface area contributed by atoms with Gasteiger partial charge in [-0.05, 0) is 31.5 Å². The van der Waals surface area contributed by atoms with Crippen molar-refractivity contribution in [2.45, 2.75) is 50.6 Å². The number of benzene rings is 1. The number of ether oxygens (including phenoxy) is 2. The molecule has 11 nitrogen and oxygen atoms in total. The van der Waals surface area contributed by atoms with Crippen molar-refractivity contribution in [1.82, 2.24) is 4.57 Å². The lowest BCUT2D eigenvalue weighted by Crippen LogP contribution is -2.49. The first kappa shape index (κ1) is 28.2. The van der Waals surface area contributed by atoms with E-state index in [-0.39, 0.29) is 18.6 Å². The number of hydrogen-bond donors (Lipinski definition) is 1. The molecule has 0 amide bonds. The van der Waals surface area contributed by atoms with Crippen LogP contribution in [-0.4, -0.2) is 41.0 Å². The highest BCUT2D eigenvalue weighted by molar-refractivity contribution is 7.86. The summed E-state index contributed by atoms with van der Waals surface area (Å²) in [7, 11) is -6.09. The third kappa shape index (κ3) is 4.88. The van der Waals surface area contributed by atoms with Crippen molar-refractivity contribution in [1.29, 1.82) is 0 Å². The molecule has 0 saturated carbocycles. The molecule has 0 unspecified atom stereocenters. The molecule has 0 radical (unpaired) electrons. The predicted octanol–water partition coefficient (Wildman–Crippen LogP) is 1.45. The van der Waals surface area contributed by atoms with E-state index in [1.807, 2.05) is 24.3 Å². The molecule has 1 aromatic carbocycles. The van der Waals surface area contributed by atoms with E-state index in [0.29, 0.717) is 23.4 Å². The van der Waals surface area contributed by atoms with E-state index in [2.05, 4.69) is 11.1 Å². The Morgan fingerprint density at radius 3 is 2.51 bits per heavy atom. The van der Waals surface area contributed by atoms with Crippen LogP contribution in [0.15, 0.2) is 41.2 Å². The van der Waals surface area contributed by atoms with Crippen LogP contribution in [0.1, 0.15) is 37.0 Å². The molecule has 2 aromatic heterocycles. The number of rotatable bonds is 3.